The van der Waals surface area contributed by atoms with E-state index in [0.717, 1.165) is 17.9 Å². The average Bonchev–Trinajstić information content (AvgIpc) is 2.16. The van der Waals surface area contributed by atoms with E-state index in [0.29, 0.717) is 12.6 Å². The van der Waals surface area contributed by atoms with Gasteiger partial charge in [-0.2, -0.15) is 0 Å². The van der Waals surface area contributed by atoms with Crippen LogP contribution in [0.2, 0.25) is 0 Å². The Kier molecular flexibility index (Phi) is 4.04. The maximum atomic E-state index is 5.52. The molecule has 0 aliphatic carbocycles. The zero-order valence-corrected chi connectivity index (χ0v) is 9.17. The molecule has 0 saturated carbocycles. The van der Waals surface area contributed by atoms with Crippen LogP contribution < -0.4 is 11.1 Å². The monoisotopic (exact) mass is 193 g/mol. The Balaban J connectivity index is 2.59. The summed E-state index contributed by atoms with van der Waals surface area (Å²) >= 11 is 0. The first-order valence-corrected chi connectivity index (χ1v) is 5.00. The maximum Gasteiger partial charge on any atom is 0.0420 e. The van der Waals surface area contributed by atoms with Crippen molar-refractivity contribution in [1.29, 1.82) is 0 Å². The molecule has 1 atom stereocenters. The van der Waals surface area contributed by atoms with Gasteiger partial charge in [-0.25, -0.2) is 0 Å². The third-order valence-electron chi connectivity index (χ3n) is 2.33. The first-order chi connectivity index (χ1) is 6.63. The molecule has 0 fully saturated rings. The summed E-state index contributed by atoms with van der Waals surface area (Å²) in [6.45, 7) is 7.64. The molecule has 3 heteroatoms. The number of pyridine rings is 1. The lowest BCUT2D eigenvalue weighted by atomic mass is 10.2. The third kappa shape index (κ3) is 3.09. The molecule has 0 bridgehead atoms. The molecular formula is C11H19N3. The van der Waals surface area contributed by atoms with Gasteiger partial charge in [0.1, 0.15) is 0 Å². The third-order valence-corrected chi connectivity index (χ3v) is 2.33. The van der Waals surface area contributed by atoms with Crippen LogP contribution in [0.5, 0.6) is 0 Å². The zero-order chi connectivity index (χ0) is 10.6. The number of hydrogen-bond donors (Lipinski definition) is 2. The molecule has 1 rings (SSSR count). The van der Waals surface area contributed by atoms with Gasteiger partial charge in [0.15, 0.2) is 0 Å². The van der Waals surface area contributed by atoms with Crippen molar-refractivity contribution in [3.05, 3.63) is 29.1 Å². The second-order valence-corrected chi connectivity index (χ2v) is 3.71. The summed E-state index contributed by atoms with van der Waals surface area (Å²) in [7, 11) is 0. The normalized spacial score (nSPS) is 12.9. The largest absolute Gasteiger partial charge is 0.329 e. The maximum absolute atomic E-state index is 5.52. The van der Waals surface area contributed by atoms with Crippen molar-refractivity contribution in [2.45, 2.75) is 33.4 Å². The predicted molar refractivity (Wildman–Crippen MR) is 59.1 cm³/mol. The van der Waals surface area contributed by atoms with Gasteiger partial charge in [-0.15, -0.1) is 0 Å². The van der Waals surface area contributed by atoms with Gasteiger partial charge in [0.05, 0.1) is 0 Å². The number of nitrogens with zero attached hydrogens (tertiary/aromatic N) is 1. The molecule has 0 aliphatic rings. The van der Waals surface area contributed by atoms with Crippen molar-refractivity contribution in [1.82, 2.24) is 10.3 Å². The predicted octanol–water partition coefficient (Wildman–Crippen LogP) is 1.14. The van der Waals surface area contributed by atoms with Gasteiger partial charge in [0.2, 0.25) is 0 Å². The molecule has 0 amide bonds. The molecule has 0 spiro atoms. The lowest BCUT2D eigenvalue weighted by Crippen LogP contribution is -2.32. The van der Waals surface area contributed by atoms with Gasteiger partial charge >= 0.3 is 0 Å². The number of rotatable bonds is 4. The summed E-state index contributed by atoms with van der Waals surface area (Å²) in [5.41, 5.74) is 8.93. The molecule has 0 radical (unpaired) electrons. The molecule has 3 nitrogen and oxygen atoms in total. The van der Waals surface area contributed by atoms with Crippen LogP contribution in [0, 0.1) is 13.8 Å². The molecule has 1 heterocycles. The van der Waals surface area contributed by atoms with E-state index in [4.69, 9.17) is 5.73 Å². The van der Waals surface area contributed by atoms with E-state index in [-0.39, 0.29) is 0 Å². The molecule has 0 aromatic carbocycles. The van der Waals surface area contributed by atoms with Crippen LogP contribution in [0.15, 0.2) is 12.1 Å². The van der Waals surface area contributed by atoms with Crippen molar-refractivity contribution in [2.75, 3.05) is 6.54 Å². The van der Waals surface area contributed by atoms with Crippen LogP contribution in [0.1, 0.15) is 23.9 Å². The highest BCUT2D eigenvalue weighted by Crippen LogP contribution is 2.05. The first-order valence-electron chi connectivity index (χ1n) is 5.00. The van der Waals surface area contributed by atoms with Crippen molar-refractivity contribution >= 4 is 0 Å². The Labute approximate surface area is 85.7 Å². The van der Waals surface area contributed by atoms with Gasteiger partial charge in [0.25, 0.3) is 0 Å². The van der Waals surface area contributed by atoms with Crippen molar-refractivity contribution in [3.63, 3.8) is 0 Å². The summed E-state index contributed by atoms with van der Waals surface area (Å²) in [6, 6.07) is 4.51. The lowest BCUT2D eigenvalue weighted by Gasteiger charge is -2.12. The smallest absolute Gasteiger partial charge is 0.0420 e. The van der Waals surface area contributed by atoms with E-state index in [9.17, 15) is 0 Å². The molecule has 0 unspecified atom stereocenters. The van der Waals surface area contributed by atoms with Crippen LogP contribution in [-0.4, -0.2) is 17.6 Å². The fourth-order valence-electron chi connectivity index (χ4n) is 1.27. The molecule has 3 N–H and O–H groups in total. The second kappa shape index (κ2) is 5.08. The number of nitrogens with one attached hydrogen (secondary N) is 1. The molecule has 78 valence electrons. The van der Waals surface area contributed by atoms with E-state index in [1.54, 1.807) is 0 Å². The van der Waals surface area contributed by atoms with Crippen LogP contribution in [-0.2, 0) is 6.54 Å². The number of hydrogen-bond acceptors (Lipinski definition) is 3. The molecular weight excluding hydrogens is 174 g/mol. The van der Waals surface area contributed by atoms with Gasteiger partial charge in [-0.1, -0.05) is 6.07 Å². The van der Waals surface area contributed by atoms with E-state index in [1.165, 1.54) is 5.56 Å². The van der Waals surface area contributed by atoms with Crippen LogP contribution in [0.3, 0.4) is 0 Å². The minimum Gasteiger partial charge on any atom is -0.329 e. The van der Waals surface area contributed by atoms with Gasteiger partial charge in [-0.3, -0.25) is 4.98 Å². The number of aryl methyl sites for hydroxylation is 2. The highest BCUT2D eigenvalue weighted by molar-refractivity contribution is 5.21. The van der Waals surface area contributed by atoms with Crippen LogP contribution in [0.4, 0.5) is 0 Å². The minimum absolute atomic E-state index is 0.357. The minimum atomic E-state index is 0.357. The van der Waals surface area contributed by atoms with E-state index >= 15 is 0 Å². The highest BCUT2D eigenvalue weighted by Gasteiger charge is 2.02. The fourth-order valence-corrected chi connectivity index (χ4v) is 1.27. The Morgan fingerprint density at radius 1 is 1.43 bits per heavy atom. The Morgan fingerprint density at radius 2 is 2.14 bits per heavy atom. The standard InChI is InChI=1S/C11H19N3/c1-8-4-5-11(10(3)14-8)7-13-9(2)6-12/h4-5,9,13H,6-7,12H2,1-3H3/t9-/m1/s1. The SMILES string of the molecule is Cc1ccc(CN[C@H](C)CN)c(C)n1. The topological polar surface area (TPSA) is 50.9 Å². The summed E-state index contributed by atoms with van der Waals surface area (Å²) in [4.78, 5) is 4.41. The van der Waals surface area contributed by atoms with Crippen molar-refractivity contribution < 1.29 is 0 Å². The second-order valence-electron chi connectivity index (χ2n) is 3.71. The fraction of sp³-hybridized carbons (Fsp3) is 0.545. The molecule has 0 aliphatic heterocycles. The van der Waals surface area contributed by atoms with Crippen LogP contribution >= 0.6 is 0 Å². The van der Waals surface area contributed by atoms with Crippen molar-refractivity contribution in [3.8, 4) is 0 Å². The summed E-state index contributed by atoms with van der Waals surface area (Å²) in [5.74, 6) is 0. The molecule has 14 heavy (non-hydrogen) atoms. The van der Waals surface area contributed by atoms with Gasteiger partial charge in [-0.05, 0) is 32.4 Å². The van der Waals surface area contributed by atoms with Crippen molar-refractivity contribution in [2.24, 2.45) is 5.73 Å². The molecule has 0 saturated heterocycles. The van der Waals surface area contributed by atoms with E-state index in [1.807, 2.05) is 19.9 Å². The zero-order valence-electron chi connectivity index (χ0n) is 9.17. The quantitative estimate of drug-likeness (QED) is 0.754. The highest BCUT2D eigenvalue weighted by atomic mass is 14.9. The number of aromatic nitrogens is 1. The van der Waals surface area contributed by atoms with Gasteiger partial charge in [0, 0.05) is 30.5 Å². The van der Waals surface area contributed by atoms with E-state index < -0.39 is 0 Å². The lowest BCUT2D eigenvalue weighted by molar-refractivity contribution is 0.554. The number of nitrogens with two attached hydrogens (primary N) is 1. The van der Waals surface area contributed by atoms with Gasteiger partial charge < -0.3 is 11.1 Å². The Hall–Kier alpha value is -0.930. The Bertz CT molecular complexity index is 297. The summed E-state index contributed by atoms with van der Waals surface area (Å²) < 4.78 is 0. The van der Waals surface area contributed by atoms with E-state index in [2.05, 4.69) is 23.3 Å². The summed E-state index contributed by atoms with van der Waals surface area (Å²) in [6.07, 6.45) is 0. The van der Waals surface area contributed by atoms with Crippen LogP contribution in [0.25, 0.3) is 0 Å². The first kappa shape index (κ1) is 11.1. The average molecular weight is 193 g/mol. The molecule has 1 aromatic rings. The Morgan fingerprint density at radius 3 is 2.71 bits per heavy atom. The summed E-state index contributed by atoms with van der Waals surface area (Å²) in [5, 5.41) is 3.34. The molecule has 1 aromatic heterocycles.